The molecule has 8 heteroatoms. The van der Waals surface area contributed by atoms with Crippen LogP contribution in [-0.2, 0) is 23.9 Å². The first-order chi connectivity index (χ1) is 12.3. The lowest BCUT2D eigenvalue weighted by Gasteiger charge is -2.11. The average Bonchev–Trinajstić information content (AvgIpc) is 2.94. The number of nitrogens with zero attached hydrogens (tertiary/aromatic N) is 3. The Morgan fingerprint density at radius 3 is 2.46 bits per heavy atom. The predicted molar refractivity (Wildman–Crippen MR) is 107 cm³/mol. The molecule has 0 fully saturated rings. The van der Waals surface area contributed by atoms with Gasteiger partial charge in [0, 0.05) is 18.4 Å². The molecule has 0 bridgehead atoms. The Bertz CT molecular complexity index is 955. The largest absolute Gasteiger partial charge is 0.382 e. The molecule has 142 valence electrons. The second kappa shape index (κ2) is 8.95. The van der Waals surface area contributed by atoms with Crippen molar-refractivity contribution >= 4 is 38.6 Å². The predicted octanol–water partition coefficient (Wildman–Crippen LogP) is 2.64. The number of imidazole rings is 1. The number of fused-ring (bicyclic) bond motifs is 3. The van der Waals surface area contributed by atoms with Gasteiger partial charge in [-0.15, -0.1) is 0 Å². The Morgan fingerprint density at radius 2 is 1.85 bits per heavy atom. The van der Waals surface area contributed by atoms with Crippen molar-refractivity contribution in [1.29, 1.82) is 0 Å². The molecule has 0 saturated carbocycles. The van der Waals surface area contributed by atoms with Crippen molar-refractivity contribution in [2.24, 2.45) is 11.1 Å². The van der Waals surface area contributed by atoms with Crippen LogP contribution in [0.1, 0.15) is 39.4 Å². The zero-order chi connectivity index (χ0) is 19.3. The van der Waals surface area contributed by atoms with Crippen molar-refractivity contribution in [2.45, 2.75) is 46.6 Å². The van der Waals surface area contributed by atoms with Crippen LogP contribution in [0, 0.1) is 5.92 Å². The van der Waals surface area contributed by atoms with Gasteiger partial charge in [0.25, 0.3) is 0 Å². The van der Waals surface area contributed by atoms with Gasteiger partial charge in [0.1, 0.15) is 11.3 Å². The van der Waals surface area contributed by atoms with Crippen molar-refractivity contribution in [3.05, 3.63) is 30.1 Å². The van der Waals surface area contributed by atoms with Crippen LogP contribution in [0.4, 0.5) is 5.82 Å². The van der Waals surface area contributed by atoms with E-state index in [1.807, 2.05) is 12.1 Å². The van der Waals surface area contributed by atoms with E-state index in [1.54, 1.807) is 0 Å². The van der Waals surface area contributed by atoms with Crippen LogP contribution in [-0.4, -0.2) is 23.0 Å². The number of hydrogen-bond donors (Lipinski definition) is 3. The van der Waals surface area contributed by atoms with Gasteiger partial charge in [-0.3, -0.25) is 0 Å². The highest BCUT2D eigenvalue weighted by Gasteiger charge is 2.16. The quantitative estimate of drug-likeness (QED) is 0.591. The molecule has 0 saturated heterocycles. The number of para-hydroxylation sites is 1. The Balaban J connectivity index is 0.000000552. The van der Waals surface area contributed by atoms with Gasteiger partial charge in [0.05, 0.1) is 11.0 Å². The zero-order valence-corrected chi connectivity index (χ0v) is 16.4. The lowest BCUT2D eigenvalue weighted by atomic mass is 10.1. The first-order valence-corrected chi connectivity index (χ1v) is 10.0. The third-order valence-corrected chi connectivity index (χ3v) is 4.17. The molecule has 0 atom stereocenters. The highest BCUT2D eigenvalue weighted by molar-refractivity contribution is 7.69. The minimum absolute atomic E-state index is 0.533. The Labute approximate surface area is 155 Å². The van der Waals surface area contributed by atoms with E-state index in [1.165, 1.54) is 6.42 Å². The molecule has 2 heterocycles. The number of nitrogen functional groups attached to an aromatic ring is 1. The molecule has 4 N–H and O–H groups in total. The van der Waals surface area contributed by atoms with E-state index in [-0.39, 0.29) is 0 Å². The number of rotatable bonds is 5. The molecular formula is C18H27N5O2S. The van der Waals surface area contributed by atoms with Gasteiger partial charge in [-0.05, 0) is 24.8 Å². The summed E-state index contributed by atoms with van der Waals surface area (Å²) in [5, 5.41) is 5.21. The standard InChI is InChI=1S/C18H24N4.H3NO2S/c1-4-15-21-16-17(22(15)11-7-8-12(2)3)13-9-5-6-10-14(13)20-18(16)19;1-4(2)3/h5-6,9-10,12H,4,7-8,11H2,1-3H3,(H2,19,20);4H,(H2,1,2,3). The van der Waals surface area contributed by atoms with E-state index >= 15 is 0 Å². The van der Waals surface area contributed by atoms with Crippen molar-refractivity contribution in [3.63, 3.8) is 0 Å². The van der Waals surface area contributed by atoms with Crippen LogP contribution in [0.5, 0.6) is 0 Å². The number of hydrogen-bond acceptors (Lipinski definition) is 5. The molecule has 0 radical (unpaired) electrons. The molecule has 0 unspecified atom stereocenters. The van der Waals surface area contributed by atoms with Crippen molar-refractivity contribution < 1.29 is 8.42 Å². The molecule has 0 aliphatic heterocycles. The highest BCUT2D eigenvalue weighted by Crippen LogP contribution is 2.29. The van der Waals surface area contributed by atoms with Gasteiger partial charge in [-0.25, -0.2) is 23.5 Å². The van der Waals surface area contributed by atoms with Gasteiger partial charge in [0.2, 0.25) is 0 Å². The summed E-state index contributed by atoms with van der Waals surface area (Å²) >= 11 is 0. The first kappa shape index (κ1) is 20.1. The van der Waals surface area contributed by atoms with Crippen LogP contribution < -0.4 is 10.9 Å². The summed E-state index contributed by atoms with van der Waals surface area (Å²) < 4.78 is 20.0. The Kier molecular flexibility index (Phi) is 6.93. The number of aryl methyl sites for hydroxylation is 2. The molecule has 1 aromatic carbocycles. The maximum Gasteiger partial charge on any atom is 0.198 e. The second-order valence-corrected chi connectivity index (χ2v) is 7.14. The average molecular weight is 378 g/mol. The fourth-order valence-electron chi connectivity index (χ4n) is 3.07. The molecule has 2 aromatic heterocycles. The summed E-state index contributed by atoms with van der Waals surface area (Å²) in [6, 6.07) is 8.18. The first-order valence-electron chi connectivity index (χ1n) is 8.77. The van der Waals surface area contributed by atoms with Crippen LogP contribution >= 0.6 is 0 Å². The molecule has 3 rings (SSSR count). The van der Waals surface area contributed by atoms with Crippen molar-refractivity contribution in [3.8, 4) is 0 Å². The summed E-state index contributed by atoms with van der Waals surface area (Å²) in [4.78, 5) is 9.26. The highest BCUT2D eigenvalue weighted by atomic mass is 32.2. The van der Waals surface area contributed by atoms with Gasteiger partial charge in [0.15, 0.2) is 16.7 Å². The van der Waals surface area contributed by atoms with E-state index in [4.69, 9.17) is 19.1 Å². The van der Waals surface area contributed by atoms with E-state index < -0.39 is 10.9 Å². The van der Waals surface area contributed by atoms with Crippen LogP contribution in [0.25, 0.3) is 21.9 Å². The number of anilines is 1. The van der Waals surface area contributed by atoms with Gasteiger partial charge >= 0.3 is 0 Å². The molecule has 3 aromatic rings. The summed E-state index contributed by atoms with van der Waals surface area (Å²) in [6.07, 6.45) is 3.29. The molecule has 0 spiro atoms. The van der Waals surface area contributed by atoms with Gasteiger partial charge < -0.3 is 10.3 Å². The lowest BCUT2D eigenvalue weighted by Crippen LogP contribution is -2.05. The van der Waals surface area contributed by atoms with E-state index in [9.17, 15) is 0 Å². The maximum atomic E-state index is 8.81. The van der Waals surface area contributed by atoms with Crippen LogP contribution in [0.15, 0.2) is 24.3 Å². The Hall–Kier alpha value is -2.19. The normalized spacial score (nSPS) is 11.3. The van der Waals surface area contributed by atoms with Crippen LogP contribution in [0.2, 0.25) is 0 Å². The maximum absolute atomic E-state index is 8.81. The lowest BCUT2D eigenvalue weighted by molar-refractivity contribution is 0.510. The number of thiol groups is 1. The van der Waals surface area contributed by atoms with Crippen molar-refractivity contribution in [1.82, 2.24) is 14.5 Å². The summed E-state index contributed by atoms with van der Waals surface area (Å²) in [6.45, 7) is 7.67. The number of nitrogens with two attached hydrogens (primary N) is 2. The molecule has 26 heavy (non-hydrogen) atoms. The molecule has 0 amide bonds. The van der Waals surface area contributed by atoms with E-state index in [0.717, 1.165) is 53.1 Å². The third-order valence-electron chi connectivity index (χ3n) is 4.17. The third kappa shape index (κ3) is 4.70. The summed E-state index contributed by atoms with van der Waals surface area (Å²) in [5.41, 5.74) is 9.08. The van der Waals surface area contributed by atoms with Gasteiger partial charge in [-0.2, -0.15) is 0 Å². The molecular weight excluding hydrogens is 350 g/mol. The molecule has 7 nitrogen and oxygen atoms in total. The fourth-order valence-corrected chi connectivity index (χ4v) is 3.07. The smallest absolute Gasteiger partial charge is 0.198 e. The number of benzene rings is 1. The Morgan fingerprint density at radius 1 is 1.19 bits per heavy atom. The molecule has 0 aliphatic rings. The van der Waals surface area contributed by atoms with Crippen LogP contribution in [0.3, 0.4) is 0 Å². The zero-order valence-electron chi connectivity index (χ0n) is 15.5. The van der Waals surface area contributed by atoms with Gasteiger partial charge in [-0.1, -0.05) is 39.0 Å². The van der Waals surface area contributed by atoms with Crippen molar-refractivity contribution in [2.75, 3.05) is 5.73 Å². The minimum Gasteiger partial charge on any atom is -0.382 e. The fraction of sp³-hybridized carbons (Fsp3) is 0.444. The second-order valence-electron chi connectivity index (χ2n) is 6.57. The number of pyridine rings is 1. The summed E-state index contributed by atoms with van der Waals surface area (Å²) in [7, 11) is -2.62. The SMILES string of the molecule is CCc1nc2c(N)nc3ccccc3c2n1CCCC(C)C.N[SH](=O)=O. The minimum atomic E-state index is -2.62. The molecule has 0 aliphatic carbocycles. The van der Waals surface area contributed by atoms with E-state index in [0.29, 0.717) is 5.82 Å². The number of aromatic nitrogens is 3. The topological polar surface area (TPSA) is 117 Å². The van der Waals surface area contributed by atoms with E-state index in [2.05, 4.69) is 47.6 Å². The summed E-state index contributed by atoms with van der Waals surface area (Å²) in [5.74, 6) is 2.36. The monoisotopic (exact) mass is 377 g/mol.